The van der Waals surface area contributed by atoms with Gasteiger partial charge < -0.3 is 18.3 Å². The average Bonchev–Trinajstić information content (AvgIpc) is 3.84. The summed E-state index contributed by atoms with van der Waals surface area (Å²) in [6.45, 7) is 0. The molecule has 0 atom stereocenters. The summed E-state index contributed by atoms with van der Waals surface area (Å²) in [5, 5.41) is 9.30. The van der Waals surface area contributed by atoms with Crippen molar-refractivity contribution in [1.29, 1.82) is 0 Å². The van der Waals surface area contributed by atoms with Gasteiger partial charge in [0, 0.05) is 72.6 Å². The lowest BCUT2D eigenvalue weighted by Crippen LogP contribution is -2.09. The van der Waals surface area contributed by atoms with Gasteiger partial charge >= 0.3 is 0 Å². The van der Waals surface area contributed by atoms with Crippen molar-refractivity contribution in [3.63, 3.8) is 0 Å². The predicted octanol–water partition coefficient (Wildman–Crippen LogP) is 13.2. The first-order valence-electron chi connectivity index (χ1n) is 16.9. The van der Waals surface area contributed by atoms with Crippen LogP contribution in [0.4, 0.5) is 17.1 Å². The van der Waals surface area contributed by atoms with Crippen LogP contribution in [-0.2, 0) is 0 Å². The minimum Gasteiger partial charge on any atom is -0.456 e. The second kappa shape index (κ2) is 10.4. The molecule has 0 unspecified atom stereocenters. The van der Waals surface area contributed by atoms with Crippen LogP contribution in [0.3, 0.4) is 0 Å². The van der Waals surface area contributed by atoms with Crippen molar-refractivity contribution in [2.75, 3.05) is 4.90 Å². The second-order valence-electron chi connectivity index (χ2n) is 12.9. The zero-order chi connectivity index (χ0) is 32.8. The SMILES string of the molecule is c1ccc(-n2c3ccccc3c3ccc4cc(N(c5ccc6c(c5)oc5ccccc56)c5ccc6c(c5)oc5ccccc56)ccc4c32)cc1. The van der Waals surface area contributed by atoms with Crippen LogP contribution in [0, 0.1) is 0 Å². The van der Waals surface area contributed by atoms with Gasteiger partial charge in [-0.15, -0.1) is 0 Å². The summed E-state index contributed by atoms with van der Waals surface area (Å²) >= 11 is 0. The van der Waals surface area contributed by atoms with Gasteiger partial charge in [0.15, 0.2) is 0 Å². The number of rotatable bonds is 4. The number of para-hydroxylation sites is 4. The minimum atomic E-state index is 0.855. The van der Waals surface area contributed by atoms with Crippen LogP contribution in [0.1, 0.15) is 0 Å². The van der Waals surface area contributed by atoms with Crippen molar-refractivity contribution in [3.05, 3.63) is 170 Å². The Morgan fingerprint density at radius 1 is 0.360 bits per heavy atom. The van der Waals surface area contributed by atoms with Crippen molar-refractivity contribution >= 4 is 93.5 Å². The molecule has 11 rings (SSSR count). The molecule has 0 bridgehead atoms. The Kier molecular flexibility index (Phi) is 5.63. The highest BCUT2D eigenvalue weighted by molar-refractivity contribution is 6.19. The summed E-state index contributed by atoms with van der Waals surface area (Å²) in [6, 6.07) is 60.1. The third-order valence-electron chi connectivity index (χ3n) is 10.1. The Labute approximate surface area is 286 Å². The topological polar surface area (TPSA) is 34.5 Å². The van der Waals surface area contributed by atoms with E-state index < -0.39 is 0 Å². The maximum absolute atomic E-state index is 6.38. The fraction of sp³-hybridized carbons (Fsp3) is 0. The Balaban J connectivity index is 1.16. The summed E-state index contributed by atoms with van der Waals surface area (Å²) in [6.07, 6.45) is 0. The Hall–Kier alpha value is -6.78. The monoisotopic (exact) mass is 640 g/mol. The summed E-state index contributed by atoms with van der Waals surface area (Å²) in [4.78, 5) is 2.30. The third-order valence-corrected chi connectivity index (χ3v) is 10.1. The lowest BCUT2D eigenvalue weighted by molar-refractivity contribution is 0.669. The van der Waals surface area contributed by atoms with Crippen LogP contribution in [0.2, 0.25) is 0 Å². The summed E-state index contributed by atoms with van der Waals surface area (Å²) in [5.74, 6) is 0. The molecule has 234 valence electrons. The molecule has 0 aliphatic carbocycles. The van der Waals surface area contributed by atoms with Gasteiger partial charge in [-0.2, -0.15) is 0 Å². The van der Waals surface area contributed by atoms with E-state index in [0.717, 1.165) is 72.0 Å². The molecule has 0 fully saturated rings. The number of hydrogen-bond donors (Lipinski definition) is 0. The highest BCUT2D eigenvalue weighted by Crippen LogP contribution is 2.43. The van der Waals surface area contributed by atoms with Crippen LogP contribution in [0.15, 0.2) is 179 Å². The van der Waals surface area contributed by atoms with Crippen LogP contribution in [-0.4, -0.2) is 4.57 Å². The fourth-order valence-electron chi connectivity index (χ4n) is 7.91. The Morgan fingerprint density at radius 3 is 1.52 bits per heavy atom. The zero-order valence-electron chi connectivity index (χ0n) is 26.9. The molecule has 3 heterocycles. The van der Waals surface area contributed by atoms with Crippen LogP contribution >= 0.6 is 0 Å². The zero-order valence-corrected chi connectivity index (χ0v) is 26.9. The first kappa shape index (κ1) is 27.2. The predicted molar refractivity (Wildman–Crippen MR) is 208 cm³/mol. The number of hydrogen-bond acceptors (Lipinski definition) is 3. The fourth-order valence-corrected chi connectivity index (χ4v) is 7.91. The largest absolute Gasteiger partial charge is 0.456 e. The van der Waals surface area contributed by atoms with Gasteiger partial charge in [0.2, 0.25) is 0 Å². The standard InChI is InChI=1S/C46H28N2O2/c1-2-10-30(11-3-1)48-41-15-7-4-12-35(41)40-22-18-29-26-31(19-23-34(29)46(40)48)47(32-20-24-38-36-13-5-8-16-42(36)49-44(38)27-32)33-21-25-39-37-14-6-9-17-43(37)50-45(39)28-33/h1-28H. The molecule has 11 aromatic rings. The van der Waals surface area contributed by atoms with Gasteiger partial charge in [0.05, 0.1) is 11.0 Å². The first-order valence-corrected chi connectivity index (χ1v) is 16.9. The maximum atomic E-state index is 6.38. The molecular formula is C46H28N2O2. The van der Waals surface area contributed by atoms with Crippen molar-refractivity contribution in [2.24, 2.45) is 0 Å². The van der Waals surface area contributed by atoms with Gasteiger partial charge in [-0.05, 0) is 72.1 Å². The molecule has 50 heavy (non-hydrogen) atoms. The summed E-state index contributed by atoms with van der Waals surface area (Å²) < 4.78 is 15.2. The summed E-state index contributed by atoms with van der Waals surface area (Å²) in [5.41, 5.74) is 10.1. The highest BCUT2D eigenvalue weighted by atomic mass is 16.3. The maximum Gasteiger partial charge on any atom is 0.137 e. The molecule has 0 radical (unpaired) electrons. The van der Waals surface area contributed by atoms with E-state index >= 15 is 0 Å². The van der Waals surface area contributed by atoms with E-state index in [4.69, 9.17) is 8.83 Å². The van der Waals surface area contributed by atoms with E-state index in [9.17, 15) is 0 Å². The summed E-state index contributed by atoms with van der Waals surface area (Å²) in [7, 11) is 0. The van der Waals surface area contributed by atoms with Crippen molar-refractivity contribution in [3.8, 4) is 5.69 Å². The molecule has 0 saturated heterocycles. The van der Waals surface area contributed by atoms with Gasteiger partial charge in [0.1, 0.15) is 22.3 Å². The molecule has 4 heteroatoms. The van der Waals surface area contributed by atoms with E-state index in [2.05, 4.69) is 155 Å². The number of fused-ring (bicyclic) bond motifs is 11. The lowest BCUT2D eigenvalue weighted by atomic mass is 10.0. The highest BCUT2D eigenvalue weighted by Gasteiger charge is 2.20. The molecular weight excluding hydrogens is 613 g/mol. The van der Waals surface area contributed by atoms with Gasteiger partial charge in [0.25, 0.3) is 0 Å². The minimum absolute atomic E-state index is 0.855. The van der Waals surface area contributed by atoms with E-state index in [1.807, 2.05) is 24.3 Å². The smallest absolute Gasteiger partial charge is 0.137 e. The molecule has 3 aromatic heterocycles. The molecule has 0 aliphatic heterocycles. The van der Waals surface area contributed by atoms with E-state index in [0.29, 0.717) is 0 Å². The Bertz CT molecular complexity index is 3000. The number of aromatic nitrogens is 1. The number of anilines is 3. The number of furan rings is 2. The molecule has 0 amide bonds. The molecule has 0 saturated carbocycles. The van der Waals surface area contributed by atoms with E-state index in [1.165, 1.54) is 27.2 Å². The van der Waals surface area contributed by atoms with E-state index in [-0.39, 0.29) is 0 Å². The number of nitrogens with zero attached hydrogens (tertiary/aromatic N) is 2. The molecule has 0 N–H and O–H groups in total. The molecule has 0 aliphatic rings. The van der Waals surface area contributed by atoms with Crippen molar-refractivity contribution in [2.45, 2.75) is 0 Å². The van der Waals surface area contributed by atoms with Crippen molar-refractivity contribution < 1.29 is 8.83 Å². The van der Waals surface area contributed by atoms with Crippen LogP contribution < -0.4 is 4.90 Å². The normalized spacial score (nSPS) is 12.0. The quantitative estimate of drug-likeness (QED) is 0.192. The van der Waals surface area contributed by atoms with Gasteiger partial charge in [-0.1, -0.05) is 91.0 Å². The molecule has 4 nitrogen and oxygen atoms in total. The number of benzene rings is 8. The lowest BCUT2D eigenvalue weighted by Gasteiger charge is -2.26. The van der Waals surface area contributed by atoms with E-state index in [1.54, 1.807) is 0 Å². The Morgan fingerprint density at radius 2 is 0.860 bits per heavy atom. The third kappa shape index (κ3) is 3.93. The first-order chi connectivity index (χ1) is 24.8. The molecule has 0 spiro atoms. The molecule has 8 aromatic carbocycles. The van der Waals surface area contributed by atoms with Crippen LogP contribution in [0.5, 0.6) is 0 Å². The van der Waals surface area contributed by atoms with Crippen LogP contribution in [0.25, 0.3) is 82.1 Å². The second-order valence-corrected chi connectivity index (χ2v) is 12.9. The average molecular weight is 641 g/mol. The van der Waals surface area contributed by atoms with Gasteiger partial charge in [-0.25, -0.2) is 0 Å². The van der Waals surface area contributed by atoms with Crippen molar-refractivity contribution in [1.82, 2.24) is 4.57 Å². The van der Waals surface area contributed by atoms with Gasteiger partial charge in [-0.3, -0.25) is 0 Å².